The number of alkyl halides is 6. The summed E-state index contributed by atoms with van der Waals surface area (Å²) in [6, 6.07) is 0.972. The quantitative estimate of drug-likeness (QED) is 0.524. The van der Waals surface area contributed by atoms with Gasteiger partial charge in [0.25, 0.3) is 0 Å². The first-order valence-corrected chi connectivity index (χ1v) is 10.6. The number of aromatic nitrogens is 6. The number of halogens is 6. The van der Waals surface area contributed by atoms with Gasteiger partial charge in [-0.2, -0.15) is 31.4 Å². The molecular formula is C20H20F6N8. The standard InChI is InChI=1S/C20H20F6N8/c1-12-29-14(20(24,25)26)6-15(30-12)32-4-2-18(9-32)3-5-33(10-18)16-8-27-13-7-28-34(17(13)31-16)11-19(21,22)23/h6-8H,2-5,9-11H2,1H3. The topological polar surface area (TPSA) is 75.9 Å². The van der Waals surface area contributed by atoms with Gasteiger partial charge in [-0.1, -0.05) is 0 Å². The van der Waals surface area contributed by atoms with Gasteiger partial charge >= 0.3 is 12.4 Å². The molecule has 5 heterocycles. The molecule has 3 aromatic rings. The lowest BCUT2D eigenvalue weighted by Gasteiger charge is -2.25. The van der Waals surface area contributed by atoms with Crippen LogP contribution in [0.2, 0.25) is 0 Å². The Morgan fingerprint density at radius 3 is 2.24 bits per heavy atom. The van der Waals surface area contributed by atoms with Crippen molar-refractivity contribution in [2.75, 3.05) is 36.0 Å². The third kappa shape index (κ3) is 4.32. The average molecular weight is 486 g/mol. The van der Waals surface area contributed by atoms with Crippen LogP contribution >= 0.6 is 0 Å². The predicted molar refractivity (Wildman–Crippen MR) is 109 cm³/mol. The highest BCUT2D eigenvalue weighted by atomic mass is 19.4. The fraction of sp³-hybridized carbons (Fsp3) is 0.550. The summed E-state index contributed by atoms with van der Waals surface area (Å²) in [4.78, 5) is 20.1. The second kappa shape index (κ2) is 7.67. The van der Waals surface area contributed by atoms with Gasteiger partial charge in [0, 0.05) is 37.7 Å². The number of rotatable bonds is 3. The Morgan fingerprint density at radius 1 is 0.912 bits per heavy atom. The lowest BCUT2D eigenvalue weighted by Crippen LogP contribution is -2.31. The van der Waals surface area contributed by atoms with Gasteiger partial charge in [-0.15, -0.1) is 0 Å². The monoisotopic (exact) mass is 486 g/mol. The number of aryl methyl sites for hydroxylation is 1. The van der Waals surface area contributed by atoms with Gasteiger partial charge in [-0.05, 0) is 19.8 Å². The first-order valence-electron chi connectivity index (χ1n) is 10.6. The molecular weight excluding hydrogens is 466 g/mol. The molecule has 2 aliphatic rings. The van der Waals surface area contributed by atoms with Crippen molar-refractivity contribution in [3.8, 4) is 0 Å². The lowest BCUT2D eigenvalue weighted by atomic mass is 9.86. The normalized spacial score (nSPS) is 21.4. The Kier molecular flexibility index (Phi) is 5.09. The van der Waals surface area contributed by atoms with Crippen molar-refractivity contribution in [2.24, 2.45) is 5.41 Å². The second-order valence-electron chi connectivity index (χ2n) is 8.85. The highest BCUT2D eigenvalue weighted by Gasteiger charge is 2.45. The van der Waals surface area contributed by atoms with E-state index < -0.39 is 24.6 Å². The van der Waals surface area contributed by atoms with E-state index in [9.17, 15) is 26.3 Å². The summed E-state index contributed by atoms with van der Waals surface area (Å²) >= 11 is 0. The van der Waals surface area contributed by atoms with Gasteiger partial charge in [-0.25, -0.2) is 24.6 Å². The third-order valence-electron chi connectivity index (χ3n) is 6.30. The molecule has 0 amide bonds. The summed E-state index contributed by atoms with van der Waals surface area (Å²) in [6.07, 6.45) is -4.72. The molecule has 0 radical (unpaired) electrons. The zero-order valence-corrected chi connectivity index (χ0v) is 18.0. The highest BCUT2D eigenvalue weighted by Crippen LogP contribution is 2.42. The van der Waals surface area contributed by atoms with E-state index in [1.165, 1.54) is 19.3 Å². The van der Waals surface area contributed by atoms with Crippen LogP contribution in [0.4, 0.5) is 38.0 Å². The number of fused-ring (bicyclic) bond motifs is 1. The van der Waals surface area contributed by atoms with Crippen LogP contribution in [0.1, 0.15) is 24.4 Å². The van der Waals surface area contributed by atoms with Crippen LogP contribution in [0.25, 0.3) is 11.2 Å². The average Bonchev–Trinajstić information content (AvgIpc) is 3.46. The number of hydrogen-bond donors (Lipinski definition) is 0. The minimum absolute atomic E-state index is 0.0536. The summed E-state index contributed by atoms with van der Waals surface area (Å²) in [5.41, 5.74) is -0.836. The van der Waals surface area contributed by atoms with Crippen molar-refractivity contribution in [2.45, 2.75) is 38.7 Å². The smallest absolute Gasteiger partial charge is 0.356 e. The molecule has 0 aliphatic carbocycles. The van der Waals surface area contributed by atoms with Crippen molar-refractivity contribution in [1.82, 2.24) is 29.7 Å². The summed E-state index contributed by atoms with van der Waals surface area (Å²) in [5, 5.41) is 3.75. The Morgan fingerprint density at radius 2 is 1.59 bits per heavy atom. The van der Waals surface area contributed by atoms with Crippen molar-refractivity contribution in [1.29, 1.82) is 0 Å². The summed E-state index contributed by atoms with van der Waals surface area (Å²) < 4.78 is 78.9. The van der Waals surface area contributed by atoms with Crippen LogP contribution in [-0.2, 0) is 12.7 Å². The SMILES string of the molecule is Cc1nc(N2CCC3(CCN(c4cnc5cnn(CC(F)(F)F)c5n4)C3)C2)cc(C(F)(F)F)n1. The minimum Gasteiger partial charge on any atom is -0.356 e. The molecule has 1 spiro atoms. The predicted octanol–water partition coefficient (Wildman–Crippen LogP) is 3.61. The Bertz CT molecular complexity index is 1220. The highest BCUT2D eigenvalue weighted by molar-refractivity contribution is 5.71. The molecule has 1 atom stereocenters. The lowest BCUT2D eigenvalue weighted by molar-refractivity contribution is -0.142. The van der Waals surface area contributed by atoms with Gasteiger partial charge < -0.3 is 9.80 Å². The van der Waals surface area contributed by atoms with E-state index in [1.54, 1.807) is 0 Å². The van der Waals surface area contributed by atoms with Crippen molar-refractivity contribution in [3.63, 3.8) is 0 Å². The van der Waals surface area contributed by atoms with E-state index in [0.717, 1.165) is 23.6 Å². The minimum atomic E-state index is -4.56. The van der Waals surface area contributed by atoms with Gasteiger partial charge in [0.15, 0.2) is 5.65 Å². The zero-order valence-electron chi connectivity index (χ0n) is 18.0. The maximum atomic E-state index is 13.2. The molecule has 1 unspecified atom stereocenters. The Balaban J connectivity index is 1.34. The van der Waals surface area contributed by atoms with Crippen LogP contribution in [0.3, 0.4) is 0 Å². The van der Waals surface area contributed by atoms with Crippen LogP contribution in [0.15, 0.2) is 18.5 Å². The fourth-order valence-electron chi connectivity index (χ4n) is 4.73. The molecule has 14 heteroatoms. The maximum Gasteiger partial charge on any atom is 0.433 e. The van der Waals surface area contributed by atoms with Gasteiger partial charge in [-0.3, -0.25) is 0 Å². The number of hydrogen-bond acceptors (Lipinski definition) is 7. The number of nitrogens with zero attached hydrogens (tertiary/aromatic N) is 8. The van der Waals surface area contributed by atoms with Crippen LogP contribution in [0.5, 0.6) is 0 Å². The molecule has 34 heavy (non-hydrogen) atoms. The first kappa shape index (κ1) is 22.6. The molecule has 0 N–H and O–H groups in total. The van der Waals surface area contributed by atoms with E-state index >= 15 is 0 Å². The Labute approximate surface area is 189 Å². The molecule has 2 aliphatic heterocycles. The van der Waals surface area contributed by atoms with Crippen LogP contribution < -0.4 is 9.80 Å². The van der Waals surface area contributed by atoms with Crippen molar-refractivity contribution >= 4 is 22.8 Å². The number of anilines is 2. The molecule has 5 rings (SSSR count). The summed E-state index contributed by atoms with van der Waals surface area (Å²) in [7, 11) is 0. The molecule has 0 aromatic carbocycles. The second-order valence-corrected chi connectivity index (χ2v) is 8.85. The van der Waals surface area contributed by atoms with Crippen LogP contribution in [-0.4, -0.2) is 62.1 Å². The Hall–Kier alpha value is -3.19. The van der Waals surface area contributed by atoms with Gasteiger partial charge in [0.1, 0.15) is 35.2 Å². The molecule has 0 bridgehead atoms. The summed E-state index contributed by atoms with van der Waals surface area (Å²) in [6.45, 7) is 2.40. The van der Waals surface area contributed by atoms with Crippen LogP contribution in [0, 0.1) is 12.3 Å². The molecule has 2 fully saturated rings. The third-order valence-corrected chi connectivity index (χ3v) is 6.30. The van der Waals surface area contributed by atoms with E-state index in [1.807, 2.05) is 9.80 Å². The molecule has 0 saturated carbocycles. The van der Waals surface area contributed by atoms with E-state index in [4.69, 9.17) is 0 Å². The zero-order chi connectivity index (χ0) is 24.3. The maximum absolute atomic E-state index is 13.2. The van der Waals surface area contributed by atoms with Gasteiger partial charge in [0.05, 0.1) is 12.4 Å². The fourth-order valence-corrected chi connectivity index (χ4v) is 4.73. The molecule has 8 nitrogen and oxygen atoms in total. The van der Waals surface area contributed by atoms with Crippen molar-refractivity contribution < 1.29 is 26.3 Å². The molecule has 182 valence electrons. The van der Waals surface area contributed by atoms with Crippen molar-refractivity contribution in [3.05, 3.63) is 30.0 Å². The van der Waals surface area contributed by atoms with Gasteiger partial charge in [0.2, 0.25) is 0 Å². The largest absolute Gasteiger partial charge is 0.433 e. The first-order chi connectivity index (χ1) is 15.9. The van der Waals surface area contributed by atoms with E-state index in [2.05, 4.69) is 25.0 Å². The molecule has 2 saturated heterocycles. The molecule has 3 aromatic heterocycles. The van der Waals surface area contributed by atoms with E-state index in [0.29, 0.717) is 32.0 Å². The van der Waals surface area contributed by atoms with E-state index in [-0.39, 0.29) is 28.2 Å². The summed E-state index contributed by atoms with van der Waals surface area (Å²) in [5.74, 6) is 0.745.